The number of amides is 1. The Morgan fingerprint density at radius 2 is 2.11 bits per heavy atom. The summed E-state index contributed by atoms with van der Waals surface area (Å²) in [5.41, 5.74) is 6.67. The summed E-state index contributed by atoms with van der Waals surface area (Å²) >= 11 is 4.83. The average molecular weight is 259 g/mol. The Balaban J connectivity index is 2.36. The van der Waals surface area contributed by atoms with Crippen LogP contribution in [0.1, 0.15) is 17.3 Å². The minimum Gasteiger partial charge on any atom is -0.392 e. The predicted molar refractivity (Wildman–Crippen MR) is 75.5 cm³/mol. The van der Waals surface area contributed by atoms with E-state index < -0.39 is 0 Å². The summed E-state index contributed by atoms with van der Waals surface area (Å²) in [5.74, 6) is -0.223. The van der Waals surface area contributed by atoms with E-state index in [4.69, 9.17) is 18.0 Å². The number of nitrogens with two attached hydrogens (primary N) is 1. The molecule has 2 aromatic rings. The maximum Gasteiger partial charge on any atom is 0.254 e. The van der Waals surface area contributed by atoms with Crippen LogP contribution in [0.25, 0.3) is 10.9 Å². The highest BCUT2D eigenvalue weighted by molar-refractivity contribution is 7.80. The number of nitrogens with zero attached hydrogens (tertiary/aromatic N) is 1. The van der Waals surface area contributed by atoms with E-state index in [9.17, 15) is 4.79 Å². The second kappa shape index (κ2) is 5.10. The molecule has 0 spiro atoms. The normalized spacial score (nSPS) is 12.1. The Labute approximate surface area is 110 Å². The molecule has 1 aromatic carbocycles. The molecule has 92 valence electrons. The Morgan fingerprint density at radius 3 is 2.83 bits per heavy atom. The van der Waals surface area contributed by atoms with E-state index in [1.165, 1.54) is 0 Å². The molecule has 0 aliphatic rings. The fourth-order valence-electron chi connectivity index (χ4n) is 1.63. The molecule has 1 aromatic heterocycles. The zero-order valence-electron chi connectivity index (χ0n) is 9.88. The summed E-state index contributed by atoms with van der Waals surface area (Å²) in [6.45, 7) is 1.75. The molecule has 0 bridgehead atoms. The van der Waals surface area contributed by atoms with Crippen LogP contribution in [0.15, 0.2) is 36.5 Å². The molecule has 0 aliphatic heterocycles. The van der Waals surface area contributed by atoms with Crippen LogP contribution in [-0.2, 0) is 0 Å². The number of rotatable bonds is 3. The number of hydrogen-bond donors (Lipinski definition) is 2. The molecule has 0 radical (unpaired) electrons. The molecule has 5 heteroatoms. The number of aromatic nitrogens is 1. The first-order chi connectivity index (χ1) is 8.59. The molecule has 1 amide bonds. The minimum absolute atomic E-state index is 0.223. The summed E-state index contributed by atoms with van der Waals surface area (Å²) in [5, 5.41) is 3.67. The van der Waals surface area contributed by atoms with Gasteiger partial charge in [0.1, 0.15) is 0 Å². The topological polar surface area (TPSA) is 68.0 Å². The molecular formula is C13H13N3OS. The first-order valence-electron chi connectivity index (χ1n) is 5.53. The summed E-state index contributed by atoms with van der Waals surface area (Å²) in [7, 11) is 0. The number of fused-ring (bicyclic) bond motifs is 1. The van der Waals surface area contributed by atoms with Crippen LogP contribution in [0.4, 0.5) is 0 Å². The van der Waals surface area contributed by atoms with Crippen molar-refractivity contribution in [1.29, 1.82) is 0 Å². The lowest BCUT2D eigenvalue weighted by Gasteiger charge is -2.12. The second-order valence-electron chi connectivity index (χ2n) is 3.98. The maximum absolute atomic E-state index is 12.1. The highest BCUT2D eigenvalue weighted by atomic mass is 32.1. The molecule has 1 unspecified atom stereocenters. The number of carbonyl (C=O) groups is 1. The smallest absolute Gasteiger partial charge is 0.254 e. The molecule has 0 saturated heterocycles. The third-order valence-electron chi connectivity index (χ3n) is 2.65. The fraction of sp³-hybridized carbons (Fsp3) is 0.154. The highest BCUT2D eigenvalue weighted by Gasteiger charge is 2.14. The van der Waals surface area contributed by atoms with Gasteiger partial charge in [0.15, 0.2) is 0 Å². The molecule has 4 nitrogen and oxygen atoms in total. The molecule has 3 N–H and O–H groups in total. The van der Waals surface area contributed by atoms with Gasteiger partial charge in [-0.1, -0.05) is 30.4 Å². The van der Waals surface area contributed by atoms with Gasteiger partial charge >= 0.3 is 0 Å². The van der Waals surface area contributed by atoms with E-state index in [0.29, 0.717) is 11.1 Å². The quantitative estimate of drug-likeness (QED) is 0.822. The van der Waals surface area contributed by atoms with E-state index in [-0.39, 0.29) is 16.9 Å². The Morgan fingerprint density at radius 1 is 1.39 bits per heavy atom. The Kier molecular flexibility index (Phi) is 3.53. The first kappa shape index (κ1) is 12.4. The average Bonchev–Trinajstić information content (AvgIpc) is 2.37. The minimum atomic E-state index is -0.341. The maximum atomic E-state index is 12.1. The van der Waals surface area contributed by atoms with Gasteiger partial charge in [0, 0.05) is 11.6 Å². The van der Waals surface area contributed by atoms with E-state index in [2.05, 4.69) is 10.3 Å². The van der Waals surface area contributed by atoms with Crippen LogP contribution in [0.5, 0.6) is 0 Å². The number of nitrogens with one attached hydrogen (secondary N) is 1. The number of carbonyl (C=O) groups excluding carboxylic acids is 1. The van der Waals surface area contributed by atoms with Gasteiger partial charge in [-0.25, -0.2) is 0 Å². The van der Waals surface area contributed by atoms with E-state index in [1.54, 1.807) is 19.2 Å². The van der Waals surface area contributed by atoms with E-state index in [0.717, 1.165) is 5.39 Å². The van der Waals surface area contributed by atoms with E-state index >= 15 is 0 Å². The van der Waals surface area contributed by atoms with Crippen molar-refractivity contribution in [3.8, 4) is 0 Å². The lowest BCUT2D eigenvalue weighted by molar-refractivity contribution is 0.0951. The van der Waals surface area contributed by atoms with Gasteiger partial charge in [0.25, 0.3) is 5.91 Å². The van der Waals surface area contributed by atoms with Gasteiger partial charge in [0.2, 0.25) is 0 Å². The summed E-state index contributed by atoms with van der Waals surface area (Å²) in [4.78, 5) is 16.6. The molecule has 1 atom stereocenters. The lowest BCUT2D eigenvalue weighted by atomic mass is 10.1. The monoisotopic (exact) mass is 259 g/mol. The van der Waals surface area contributed by atoms with Crippen molar-refractivity contribution in [3.63, 3.8) is 0 Å². The lowest BCUT2D eigenvalue weighted by Crippen LogP contribution is -2.41. The van der Waals surface area contributed by atoms with Crippen LogP contribution < -0.4 is 11.1 Å². The highest BCUT2D eigenvalue weighted by Crippen LogP contribution is 2.15. The second-order valence-corrected chi connectivity index (χ2v) is 4.45. The first-order valence-corrected chi connectivity index (χ1v) is 5.94. The van der Waals surface area contributed by atoms with E-state index in [1.807, 2.05) is 24.3 Å². The van der Waals surface area contributed by atoms with Crippen LogP contribution in [0.3, 0.4) is 0 Å². The van der Waals surface area contributed by atoms with Crippen molar-refractivity contribution in [2.75, 3.05) is 0 Å². The number of pyridine rings is 1. The molecule has 0 fully saturated rings. The number of hydrogen-bond acceptors (Lipinski definition) is 3. The van der Waals surface area contributed by atoms with Crippen molar-refractivity contribution in [2.24, 2.45) is 5.73 Å². The van der Waals surface area contributed by atoms with Crippen molar-refractivity contribution < 1.29 is 4.79 Å². The summed E-state index contributed by atoms with van der Waals surface area (Å²) in [6, 6.07) is 8.88. The standard InChI is InChI=1S/C13H13N3OS/c1-8(12(14)18)16-13(17)10-6-2-4-9-5-3-7-15-11(9)10/h2-8H,1H3,(H2,14,18)(H,16,17). The SMILES string of the molecule is CC(NC(=O)c1cccc2cccnc12)C(N)=S. The van der Waals surface area contributed by atoms with Crippen LogP contribution in [0.2, 0.25) is 0 Å². The van der Waals surface area contributed by atoms with Gasteiger partial charge in [-0.2, -0.15) is 0 Å². The molecule has 0 aliphatic carbocycles. The largest absolute Gasteiger partial charge is 0.392 e. The Hall–Kier alpha value is -2.01. The van der Waals surface area contributed by atoms with Crippen LogP contribution >= 0.6 is 12.2 Å². The molecular weight excluding hydrogens is 246 g/mol. The van der Waals surface area contributed by atoms with Crippen LogP contribution in [-0.4, -0.2) is 21.9 Å². The van der Waals surface area contributed by atoms with Gasteiger partial charge in [-0.15, -0.1) is 0 Å². The van der Waals surface area contributed by atoms with Crippen molar-refractivity contribution in [1.82, 2.24) is 10.3 Å². The molecule has 0 saturated carbocycles. The molecule has 18 heavy (non-hydrogen) atoms. The van der Waals surface area contributed by atoms with Crippen LogP contribution in [0, 0.1) is 0 Å². The van der Waals surface area contributed by atoms with Gasteiger partial charge in [-0.05, 0) is 19.1 Å². The van der Waals surface area contributed by atoms with Gasteiger partial charge in [-0.3, -0.25) is 9.78 Å². The van der Waals surface area contributed by atoms with Crippen molar-refractivity contribution in [3.05, 3.63) is 42.1 Å². The fourth-order valence-corrected chi connectivity index (χ4v) is 1.69. The molecule has 1 heterocycles. The predicted octanol–water partition coefficient (Wildman–Crippen LogP) is 1.64. The summed E-state index contributed by atoms with van der Waals surface area (Å²) < 4.78 is 0. The van der Waals surface area contributed by atoms with Crippen molar-refractivity contribution in [2.45, 2.75) is 13.0 Å². The summed E-state index contributed by atoms with van der Waals surface area (Å²) in [6.07, 6.45) is 1.66. The third-order valence-corrected chi connectivity index (χ3v) is 3.01. The molecule has 2 rings (SSSR count). The Bertz CT molecular complexity index is 607. The zero-order chi connectivity index (χ0) is 13.1. The number of para-hydroxylation sites is 1. The van der Waals surface area contributed by atoms with Crippen molar-refractivity contribution >= 4 is 34.0 Å². The zero-order valence-corrected chi connectivity index (χ0v) is 10.7. The van der Waals surface area contributed by atoms with Gasteiger partial charge in [0.05, 0.1) is 22.1 Å². The number of thiocarbonyl (C=S) groups is 1. The van der Waals surface area contributed by atoms with Gasteiger partial charge < -0.3 is 11.1 Å². The third kappa shape index (κ3) is 2.46. The number of benzene rings is 1.